The van der Waals surface area contributed by atoms with Gasteiger partial charge in [0, 0.05) is 5.56 Å². The molecule has 2 rings (SSSR count). The first-order chi connectivity index (χ1) is 8.50. The fourth-order valence-corrected chi connectivity index (χ4v) is 2.12. The van der Waals surface area contributed by atoms with Gasteiger partial charge in [-0.25, -0.2) is 4.79 Å². The van der Waals surface area contributed by atoms with Gasteiger partial charge in [0.25, 0.3) is 0 Å². The van der Waals surface area contributed by atoms with Crippen LogP contribution in [0.5, 0.6) is 0 Å². The number of hydrogen-bond acceptors (Lipinski definition) is 3. The lowest BCUT2D eigenvalue weighted by Crippen LogP contribution is -2.03. The van der Waals surface area contributed by atoms with Gasteiger partial charge in [-0.2, -0.15) is 0 Å². The third kappa shape index (κ3) is 2.25. The topological polar surface area (TPSA) is 76.2 Å². The molecule has 0 saturated heterocycles. The molecule has 6 heteroatoms. The van der Waals surface area contributed by atoms with Crippen molar-refractivity contribution < 1.29 is 9.90 Å². The minimum absolute atomic E-state index is 0.0315. The Kier molecular flexibility index (Phi) is 3.41. The molecule has 0 spiro atoms. The minimum Gasteiger partial charge on any atom is -0.478 e. The molecule has 4 nitrogen and oxygen atoms in total. The number of nitrogens with zero attached hydrogens (tertiary/aromatic N) is 1. The molecule has 1 heterocycles. The Hall–Kier alpha value is -1.78. The zero-order chi connectivity index (χ0) is 13.3. The van der Waals surface area contributed by atoms with Crippen LogP contribution in [0.1, 0.15) is 10.4 Å². The van der Waals surface area contributed by atoms with Gasteiger partial charge in [0.1, 0.15) is 0 Å². The first kappa shape index (κ1) is 12.7. The Morgan fingerprint density at radius 1 is 1.28 bits per heavy atom. The number of carboxylic acid groups (broad SMARTS) is 1. The zero-order valence-corrected chi connectivity index (χ0v) is 10.5. The highest BCUT2D eigenvalue weighted by molar-refractivity contribution is 6.39. The number of carbonyl (C=O) groups is 1. The van der Waals surface area contributed by atoms with E-state index in [4.69, 9.17) is 34.0 Å². The molecule has 1 aromatic heterocycles. The van der Waals surface area contributed by atoms with Crippen molar-refractivity contribution in [1.29, 1.82) is 0 Å². The normalized spacial score (nSPS) is 10.3. The monoisotopic (exact) mass is 282 g/mol. The van der Waals surface area contributed by atoms with Gasteiger partial charge in [0.05, 0.1) is 33.2 Å². The quantitative estimate of drug-likeness (QED) is 0.886. The minimum atomic E-state index is -1.13. The van der Waals surface area contributed by atoms with Crippen LogP contribution in [0.2, 0.25) is 10.0 Å². The third-order valence-electron chi connectivity index (χ3n) is 2.38. The number of halogens is 2. The van der Waals surface area contributed by atoms with E-state index in [1.165, 1.54) is 12.3 Å². The van der Waals surface area contributed by atoms with Crippen LogP contribution in [-0.2, 0) is 0 Å². The molecular formula is C12H8Cl2N2O2. The van der Waals surface area contributed by atoms with E-state index < -0.39 is 5.97 Å². The van der Waals surface area contributed by atoms with Gasteiger partial charge >= 0.3 is 5.97 Å². The van der Waals surface area contributed by atoms with Crippen molar-refractivity contribution in [1.82, 2.24) is 4.98 Å². The summed E-state index contributed by atoms with van der Waals surface area (Å²) in [5, 5.41) is 9.80. The number of carboxylic acids is 1. The molecule has 0 aliphatic rings. The van der Waals surface area contributed by atoms with Crippen LogP contribution in [0, 0.1) is 0 Å². The zero-order valence-electron chi connectivity index (χ0n) is 9.02. The molecule has 0 amide bonds. The third-order valence-corrected chi connectivity index (χ3v) is 3.01. The fraction of sp³-hybridized carbons (Fsp3) is 0. The number of aromatic carboxylic acids is 1. The molecular weight excluding hydrogens is 275 g/mol. The second kappa shape index (κ2) is 4.84. The Morgan fingerprint density at radius 3 is 2.44 bits per heavy atom. The Bertz CT molecular complexity index is 609. The Labute approximate surface area is 113 Å². The summed E-state index contributed by atoms with van der Waals surface area (Å²) in [5.41, 5.74) is 6.46. The van der Waals surface area contributed by atoms with E-state index in [2.05, 4.69) is 4.98 Å². The average Bonchev–Trinajstić information content (AvgIpc) is 2.30. The SMILES string of the molecule is Nc1cnc(-c2c(Cl)cccc2Cl)cc1C(=O)O. The second-order valence-electron chi connectivity index (χ2n) is 3.56. The van der Waals surface area contributed by atoms with Gasteiger partial charge in [-0.3, -0.25) is 4.98 Å². The van der Waals surface area contributed by atoms with Crippen molar-refractivity contribution in [2.45, 2.75) is 0 Å². The van der Waals surface area contributed by atoms with Crippen LogP contribution >= 0.6 is 23.2 Å². The van der Waals surface area contributed by atoms with Gasteiger partial charge in [-0.05, 0) is 18.2 Å². The highest BCUT2D eigenvalue weighted by atomic mass is 35.5. The van der Waals surface area contributed by atoms with Crippen LogP contribution in [0.4, 0.5) is 5.69 Å². The number of nitrogens with two attached hydrogens (primary N) is 1. The number of benzene rings is 1. The molecule has 0 unspecified atom stereocenters. The standard InChI is InChI=1S/C12H8Cl2N2O2/c13-7-2-1-3-8(14)11(7)10-4-6(12(17)18)9(15)5-16-10/h1-5H,15H2,(H,17,18). The number of aromatic nitrogens is 1. The lowest BCUT2D eigenvalue weighted by atomic mass is 10.1. The van der Waals surface area contributed by atoms with Gasteiger partial charge in [0.2, 0.25) is 0 Å². The highest BCUT2D eigenvalue weighted by Crippen LogP contribution is 2.34. The van der Waals surface area contributed by atoms with E-state index in [0.29, 0.717) is 21.3 Å². The molecule has 0 aliphatic carbocycles. The molecule has 0 fully saturated rings. The van der Waals surface area contributed by atoms with Crippen molar-refractivity contribution in [2.24, 2.45) is 0 Å². The van der Waals surface area contributed by atoms with E-state index in [1.807, 2.05) is 0 Å². The van der Waals surface area contributed by atoms with Gasteiger partial charge < -0.3 is 10.8 Å². The van der Waals surface area contributed by atoms with Crippen molar-refractivity contribution >= 4 is 34.9 Å². The summed E-state index contributed by atoms with van der Waals surface area (Å²) in [6, 6.07) is 6.36. The van der Waals surface area contributed by atoms with Crippen LogP contribution < -0.4 is 5.73 Å². The molecule has 0 saturated carbocycles. The molecule has 0 atom stereocenters. The lowest BCUT2D eigenvalue weighted by Gasteiger charge is -2.08. The number of anilines is 1. The highest BCUT2D eigenvalue weighted by Gasteiger charge is 2.14. The molecule has 3 N–H and O–H groups in total. The summed E-state index contributed by atoms with van der Waals surface area (Å²) in [4.78, 5) is 15.1. The average molecular weight is 283 g/mol. The molecule has 0 bridgehead atoms. The van der Waals surface area contributed by atoms with Crippen molar-refractivity contribution in [3.63, 3.8) is 0 Å². The fourth-order valence-electron chi connectivity index (χ4n) is 1.53. The van der Waals surface area contributed by atoms with E-state index >= 15 is 0 Å². The predicted molar refractivity (Wildman–Crippen MR) is 71.1 cm³/mol. The van der Waals surface area contributed by atoms with Gasteiger partial charge in [-0.1, -0.05) is 29.3 Å². The number of rotatable bonds is 2. The van der Waals surface area contributed by atoms with Crippen molar-refractivity contribution in [2.75, 3.05) is 5.73 Å². The first-order valence-corrected chi connectivity index (χ1v) is 5.69. The summed E-state index contributed by atoms with van der Waals surface area (Å²) in [6.07, 6.45) is 1.28. The maximum Gasteiger partial charge on any atom is 0.337 e. The second-order valence-corrected chi connectivity index (χ2v) is 4.37. The van der Waals surface area contributed by atoms with Gasteiger partial charge in [0.15, 0.2) is 0 Å². The van der Waals surface area contributed by atoms with Crippen molar-refractivity contribution in [3.8, 4) is 11.3 Å². The smallest absolute Gasteiger partial charge is 0.337 e. The summed E-state index contributed by atoms with van der Waals surface area (Å²) in [7, 11) is 0. The molecule has 0 radical (unpaired) electrons. The van der Waals surface area contributed by atoms with Gasteiger partial charge in [-0.15, -0.1) is 0 Å². The van der Waals surface area contributed by atoms with Crippen molar-refractivity contribution in [3.05, 3.63) is 46.1 Å². The summed E-state index contributed by atoms with van der Waals surface area (Å²) in [6.45, 7) is 0. The number of hydrogen-bond donors (Lipinski definition) is 2. The maximum atomic E-state index is 11.0. The maximum absolute atomic E-state index is 11.0. The van der Waals surface area contributed by atoms with E-state index in [1.54, 1.807) is 18.2 Å². The predicted octanol–water partition coefficient (Wildman–Crippen LogP) is 3.34. The van der Waals surface area contributed by atoms with Crippen LogP contribution in [0.3, 0.4) is 0 Å². The van der Waals surface area contributed by atoms with Crippen LogP contribution in [-0.4, -0.2) is 16.1 Å². The van der Waals surface area contributed by atoms with E-state index in [9.17, 15) is 4.79 Å². The molecule has 2 aromatic rings. The van der Waals surface area contributed by atoms with Crippen LogP contribution in [0.15, 0.2) is 30.5 Å². The first-order valence-electron chi connectivity index (χ1n) is 4.94. The largest absolute Gasteiger partial charge is 0.478 e. The Morgan fingerprint density at radius 2 is 1.89 bits per heavy atom. The molecule has 0 aliphatic heterocycles. The van der Waals surface area contributed by atoms with E-state index in [0.717, 1.165) is 0 Å². The summed E-state index contributed by atoms with van der Waals surface area (Å²) < 4.78 is 0. The summed E-state index contributed by atoms with van der Waals surface area (Å²) >= 11 is 12.1. The molecule has 1 aromatic carbocycles. The van der Waals surface area contributed by atoms with Crippen LogP contribution in [0.25, 0.3) is 11.3 Å². The molecule has 18 heavy (non-hydrogen) atoms. The Balaban J connectivity index is 2.65. The number of pyridine rings is 1. The molecule has 92 valence electrons. The van der Waals surface area contributed by atoms with E-state index in [-0.39, 0.29) is 11.3 Å². The number of nitrogen functional groups attached to an aromatic ring is 1. The summed E-state index contributed by atoms with van der Waals surface area (Å²) in [5.74, 6) is -1.13. The lowest BCUT2D eigenvalue weighted by molar-refractivity contribution is 0.0698.